The number of nitrogens with zero attached hydrogens (tertiary/aromatic N) is 2. The highest BCUT2D eigenvalue weighted by Gasteiger charge is 2.25. The van der Waals surface area contributed by atoms with Crippen LogP contribution in [0.1, 0.15) is 39.0 Å². The van der Waals surface area contributed by atoms with Gasteiger partial charge in [-0.15, -0.1) is 0 Å². The normalized spacial score (nSPS) is 21.8. The second-order valence-corrected chi connectivity index (χ2v) is 5.97. The van der Waals surface area contributed by atoms with E-state index >= 15 is 0 Å². The molecule has 20 heavy (non-hydrogen) atoms. The summed E-state index contributed by atoms with van der Waals surface area (Å²) in [5.74, 6) is 0.381. The van der Waals surface area contributed by atoms with Crippen LogP contribution in [0.25, 0.3) is 0 Å². The van der Waals surface area contributed by atoms with Gasteiger partial charge in [0.25, 0.3) is 0 Å². The van der Waals surface area contributed by atoms with Crippen molar-refractivity contribution in [1.82, 2.24) is 15.1 Å². The Hall–Kier alpha value is -1.10. The number of hydrogen-bond acceptors (Lipinski definition) is 3. The van der Waals surface area contributed by atoms with Crippen molar-refractivity contribution in [1.29, 1.82) is 0 Å². The largest absolute Gasteiger partial charge is 0.355 e. The molecule has 0 aromatic carbocycles. The Kier molecular flexibility index (Phi) is 5.83. The predicted octanol–water partition coefficient (Wildman–Crippen LogP) is 0.847. The van der Waals surface area contributed by atoms with E-state index in [0.717, 1.165) is 39.0 Å². The molecule has 2 rings (SSSR count). The quantitative estimate of drug-likeness (QED) is 0.831. The van der Waals surface area contributed by atoms with Crippen molar-refractivity contribution in [3.8, 4) is 0 Å². The highest BCUT2D eigenvalue weighted by molar-refractivity contribution is 5.79. The van der Waals surface area contributed by atoms with E-state index in [2.05, 4.69) is 10.2 Å². The molecule has 0 aromatic rings. The maximum atomic E-state index is 12.1. The molecule has 114 valence electrons. The lowest BCUT2D eigenvalue weighted by atomic mass is 9.96. The monoisotopic (exact) mass is 281 g/mol. The van der Waals surface area contributed by atoms with Crippen molar-refractivity contribution in [2.24, 2.45) is 5.92 Å². The molecule has 2 amide bonds. The Morgan fingerprint density at radius 1 is 1.05 bits per heavy atom. The van der Waals surface area contributed by atoms with Gasteiger partial charge in [0.15, 0.2) is 0 Å². The summed E-state index contributed by atoms with van der Waals surface area (Å²) in [6.07, 6.45) is 5.52. The Morgan fingerprint density at radius 2 is 1.70 bits per heavy atom. The first-order chi connectivity index (χ1) is 9.66. The molecular weight excluding hydrogens is 254 g/mol. The number of carbonyl (C=O) groups excluding carboxylic acids is 2. The van der Waals surface area contributed by atoms with Crippen LogP contribution >= 0.6 is 0 Å². The summed E-state index contributed by atoms with van der Waals surface area (Å²) < 4.78 is 0. The number of nitrogens with one attached hydrogen (secondary N) is 1. The van der Waals surface area contributed by atoms with Gasteiger partial charge in [0.05, 0.1) is 0 Å². The lowest BCUT2D eigenvalue weighted by Gasteiger charge is -2.31. The van der Waals surface area contributed by atoms with Gasteiger partial charge >= 0.3 is 0 Å². The van der Waals surface area contributed by atoms with E-state index in [-0.39, 0.29) is 17.7 Å². The lowest BCUT2D eigenvalue weighted by molar-refractivity contribution is -0.133. The predicted molar refractivity (Wildman–Crippen MR) is 78.3 cm³/mol. The second kappa shape index (κ2) is 7.62. The van der Waals surface area contributed by atoms with Gasteiger partial charge in [-0.1, -0.05) is 6.42 Å². The number of amides is 2. The molecule has 2 heterocycles. The third-order valence-corrected chi connectivity index (χ3v) is 4.49. The molecule has 0 bridgehead atoms. The van der Waals surface area contributed by atoms with E-state index in [0.29, 0.717) is 0 Å². The summed E-state index contributed by atoms with van der Waals surface area (Å²) >= 11 is 0. The van der Waals surface area contributed by atoms with Crippen LogP contribution in [-0.4, -0.2) is 60.9 Å². The molecular formula is C15H27N3O2. The minimum absolute atomic E-state index is 0.0898. The fourth-order valence-corrected chi connectivity index (χ4v) is 3.12. The minimum Gasteiger partial charge on any atom is -0.355 e. The molecule has 5 heteroatoms. The van der Waals surface area contributed by atoms with Gasteiger partial charge in [0, 0.05) is 39.0 Å². The van der Waals surface area contributed by atoms with Crippen molar-refractivity contribution in [2.45, 2.75) is 39.0 Å². The van der Waals surface area contributed by atoms with Crippen molar-refractivity contribution in [3.63, 3.8) is 0 Å². The second-order valence-electron chi connectivity index (χ2n) is 5.97. The van der Waals surface area contributed by atoms with Crippen molar-refractivity contribution < 1.29 is 9.59 Å². The number of hydrogen-bond donors (Lipinski definition) is 1. The van der Waals surface area contributed by atoms with Crippen LogP contribution in [-0.2, 0) is 9.59 Å². The molecule has 1 N–H and O–H groups in total. The van der Waals surface area contributed by atoms with Crippen LogP contribution in [0.3, 0.4) is 0 Å². The fraction of sp³-hybridized carbons (Fsp3) is 0.867. The number of likely N-dealkylation sites (tertiary alicyclic amines) is 2. The van der Waals surface area contributed by atoms with E-state index in [1.54, 1.807) is 6.92 Å². The zero-order valence-corrected chi connectivity index (χ0v) is 12.6. The Bertz CT molecular complexity index is 332. The Morgan fingerprint density at radius 3 is 2.30 bits per heavy atom. The molecule has 2 aliphatic heterocycles. The summed E-state index contributed by atoms with van der Waals surface area (Å²) in [5, 5.41) is 3.06. The summed E-state index contributed by atoms with van der Waals surface area (Å²) in [6, 6.07) is 0. The average molecular weight is 281 g/mol. The number of rotatable bonds is 4. The van der Waals surface area contributed by atoms with Crippen LogP contribution < -0.4 is 5.32 Å². The molecule has 2 aliphatic rings. The maximum absolute atomic E-state index is 12.1. The number of carbonyl (C=O) groups is 2. The summed E-state index contributed by atoms with van der Waals surface area (Å²) in [6.45, 7) is 7.11. The van der Waals surface area contributed by atoms with E-state index in [9.17, 15) is 9.59 Å². The molecule has 0 atom stereocenters. The third-order valence-electron chi connectivity index (χ3n) is 4.49. The molecule has 0 aromatic heterocycles. The Labute approximate surface area is 121 Å². The molecule has 0 aliphatic carbocycles. The smallest absolute Gasteiger partial charge is 0.223 e. The molecule has 0 spiro atoms. The maximum Gasteiger partial charge on any atom is 0.223 e. The van der Waals surface area contributed by atoms with Crippen LogP contribution in [0.4, 0.5) is 0 Å². The first-order valence-corrected chi connectivity index (χ1v) is 7.92. The summed E-state index contributed by atoms with van der Waals surface area (Å²) in [4.78, 5) is 27.6. The molecule has 0 saturated carbocycles. The van der Waals surface area contributed by atoms with E-state index < -0.39 is 0 Å². The highest BCUT2D eigenvalue weighted by atomic mass is 16.2. The summed E-state index contributed by atoms with van der Waals surface area (Å²) in [5.41, 5.74) is 0. The van der Waals surface area contributed by atoms with Gasteiger partial charge in [0.2, 0.25) is 11.8 Å². The highest BCUT2D eigenvalue weighted by Crippen LogP contribution is 2.17. The first kappa shape index (κ1) is 15.3. The van der Waals surface area contributed by atoms with Gasteiger partial charge in [0.1, 0.15) is 0 Å². The van der Waals surface area contributed by atoms with Crippen LogP contribution in [0.5, 0.6) is 0 Å². The van der Waals surface area contributed by atoms with Crippen molar-refractivity contribution >= 4 is 11.8 Å². The fourth-order valence-electron chi connectivity index (χ4n) is 3.12. The van der Waals surface area contributed by atoms with E-state index in [1.807, 2.05) is 4.90 Å². The van der Waals surface area contributed by atoms with Crippen molar-refractivity contribution in [3.05, 3.63) is 0 Å². The van der Waals surface area contributed by atoms with Gasteiger partial charge in [-0.2, -0.15) is 0 Å². The SMILES string of the molecule is CC(=O)N1CCC(C(=O)NCCN2CCCCC2)CC1. The molecule has 0 unspecified atom stereocenters. The number of piperidine rings is 2. The zero-order chi connectivity index (χ0) is 14.4. The Balaban J connectivity index is 1.61. The summed E-state index contributed by atoms with van der Waals surface area (Å²) in [7, 11) is 0. The molecule has 2 fully saturated rings. The third kappa shape index (κ3) is 4.47. The first-order valence-electron chi connectivity index (χ1n) is 7.92. The average Bonchev–Trinajstić information content (AvgIpc) is 2.48. The molecule has 2 saturated heterocycles. The van der Waals surface area contributed by atoms with Gasteiger partial charge in [-0.25, -0.2) is 0 Å². The molecule has 0 radical (unpaired) electrons. The topological polar surface area (TPSA) is 52.7 Å². The minimum atomic E-state index is 0.0898. The van der Waals surface area contributed by atoms with Gasteiger partial charge in [-0.05, 0) is 38.8 Å². The van der Waals surface area contributed by atoms with Crippen LogP contribution in [0.15, 0.2) is 0 Å². The molecule has 5 nitrogen and oxygen atoms in total. The van der Waals surface area contributed by atoms with Gasteiger partial charge in [-0.3, -0.25) is 9.59 Å². The van der Waals surface area contributed by atoms with Crippen molar-refractivity contribution in [2.75, 3.05) is 39.3 Å². The van der Waals surface area contributed by atoms with Crippen LogP contribution in [0.2, 0.25) is 0 Å². The zero-order valence-electron chi connectivity index (χ0n) is 12.6. The van der Waals surface area contributed by atoms with Crippen LogP contribution in [0, 0.1) is 5.92 Å². The van der Waals surface area contributed by atoms with E-state index in [4.69, 9.17) is 0 Å². The van der Waals surface area contributed by atoms with Gasteiger partial charge < -0.3 is 15.1 Å². The lowest BCUT2D eigenvalue weighted by Crippen LogP contribution is -2.44. The van der Waals surface area contributed by atoms with E-state index in [1.165, 1.54) is 32.4 Å². The standard InChI is InChI=1S/C15H27N3O2/c1-13(19)18-10-5-14(6-11-18)15(20)16-7-12-17-8-3-2-4-9-17/h14H,2-12H2,1H3,(H,16,20).